The average Bonchev–Trinajstić information content (AvgIpc) is 2.21. The van der Waals surface area contributed by atoms with Crippen LogP contribution in [0.1, 0.15) is 27.2 Å². The lowest BCUT2D eigenvalue weighted by atomic mass is 9.94. The van der Waals surface area contributed by atoms with Gasteiger partial charge in [-0.2, -0.15) is 0 Å². The van der Waals surface area contributed by atoms with Crippen LogP contribution in [-0.4, -0.2) is 35.3 Å². The summed E-state index contributed by atoms with van der Waals surface area (Å²) in [4.78, 5) is 24.9. The molecular formula is C11H16N2O2. The van der Waals surface area contributed by atoms with Gasteiger partial charge in [-0.15, -0.1) is 5.92 Å². The van der Waals surface area contributed by atoms with Crippen molar-refractivity contribution in [1.82, 2.24) is 10.2 Å². The molecule has 0 aromatic heterocycles. The van der Waals surface area contributed by atoms with E-state index < -0.39 is 5.54 Å². The van der Waals surface area contributed by atoms with E-state index in [1.165, 1.54) is 4.90 Å². The normalized spacial score (nSPS) is 25.7. The lowest BCUT2D eigenvalue weighted by Gasteiger charge is -2.38. The number of nitrogens with zero attached hydrogens (tertiary/aromatic N) is 1. The summed E-state index contributed by atoms with van der Waals surface area (Å²) >= 11 is 0. The van der Waals surface area contributed by atoms with Gasteiger partial charge >= 0.3 is 0 Å². The Morgan fingerprint density at radius 3 is 2.73 bits per heavy atom. The van der Waals surface area contributed by atoms with Gasteiger partial charge in [-0.3, -0.25) is 9.59 Å². The van der Waals surface area contributed by atoms with Gasteiger partial charge in [0.25, 0.3) is 0 Å². The maximum atomic E-state index is 12.0. The first kappa shape index (κ1) is 11.6. The molecule has 1 heterocycles. The van der Waals surface area contributed by atoms with Crippen LogP contribution in [0.5, 0.6) is 0 Å². The van der Waals surface area contributed by atoms with Gasteiger partial charge in [0.1, 0.15) is 12.1 Å². The van der Waals surface area contributed by atoms with Crippen LogP contribution in [0.15, 0.2) is 0 Å². The molecule has 1 rings (SSSR count). The fourth-order valence-electron chi connectivity index (χ4n) is 1.54. The minimum absolute atomic E-state index is 0.0487. The summed E-state index contributed by atoms with van der Waals surface area (Å²) in [6, 6.07) is 0. The summed E-state index contributed by atoms with van der Waals surface area (Å²) in [6.45, 7) is 5.79. The molecule has 0 bridgehead atoms. The first-order valence-electron chi connectivity index (χ1n) is 5.03. The zero-order valence-corrected chi connectivity index (χ0v) is 9.39. The smallest absolute Gasteiger partial charge is 0.249 e. The minimum Gasteiger partial charge on any atom is -0.340 e. The van der Waals surface area contributed by atoms with E-state index in [4.69, 9.17) is 0 Å². The van der Waals surface area contributed by atoms with Crippen molar-refractivity contribution in [2.45, 2.75) is 32.7 Å². The third-order valence-electron chi connectivity index (χ3n) is 2.66. The second-order valence-corrected chi connectivity index (χ2v) is 3.82. The Balaban J connectivity index is 2.84. The average molecular weight is 208 g/mol. The van der Waals surface area contributed by atoms with Crippen LogP contribution >= 0.6 is 0 Å². The standard InChI is InChI=1S/C11H16N2O2/c1-4-6-7-13-8-9(14)12-11(3,5-2)10(13)15/h5,7-8H2,1-3H3,(H,12,14). The topological polar surface area (TPSA) is 49.4 Å². The Kier molecular flexibility index (Phi) is 3.35. The van der Waals surface area contributed by atoms with Crippen molar-refractivity contribution in [3.05, 3.63) is 0 Å². The lowest BCUT2D eigenvalue weighted by molar-refractivity contribution is -0.148. The molecule has 0 aromatic carbocycles. The van der Waals surface area contributed by atoms with Crippen LogP contribution in [-0.2, 0) is 9.59 Å². The van der Waals surface area contributed by atoms with E-state index in [0.29, 0.717) is 13.0 Å². The number of hydrogen-bond acceptors (Lipinski definition) is 2. The number of piperazine rings is 1. The van der Waals surface area contributed by atoms with Gasteiger partial charge in [0, 0.05) is 0 Å². The molecular weight excluding hydrogens is 192 g/mol. The summed E-state index contributed by atoms with van der Waals surface area (Å²) in [5, 5.41) is 2.72. The molecule has 1 atom stereocenters. The fraction of sp³-hybridized carbons (Fsp3) is 0.636. The molecule has 1 unspecified atom stereocenters. The van der Waals surface area contributed by atoms with Crippen LogP contribution < -0.4 is 5.32 Å². The van der Waals surface area contributed by atoms with E-state index in [0.717, 1.165) is 0 Å². The molecule has 0 radical (unpaired) electrons. The third kappa shape index (κ3) is 2.30. The maximum absolute atomic E-state index is 12.0. The number of carbonyl (C=O) groups excluding carboxylic acids is 2. The van der Waals surface area contributed by atoms with Crippen LogP contribution in [0.25, 0.3) is 0 Å². The zero-order chi connectivity index (χ0) is 11.5. The molecule has 1 fully saturated rings. The Bertz CT molecular complexity index is 340. The lowest BCUT2D eigenvalue weighted by Crippen LogP contribution is -2.64. The Morgan fingerprint density at radius 2 is 2.20 bits per heavy atom. The second-order valence-electron chi connectivity index (χ2n) is 3.82. The van der Waals surface area contributed by atoms with Crippen molar-refractivity contribution in [1.29, 1.82) is 0 Å². The highest BCUT2D eigenvalue weighted by molar-refractivity contribution is 5.97. The summed E-state index contributed by atoms with van der Waals surface area (Å²) < 4.78 is 0. The highest BCUT2D eigenvalue weighted by Gasteiger charge is 2.40. The van der Waals surface area contributed by atoms with Crippen LogP contribution in [0.3, 0.4) is 0 Å². The summed E-state index contributed by atoms with van der Waals surface area (Å²) in [5.41, 5.74) is -0.759. The maximum Gasteiger partial charge on any atom is 0.249 e. The minimum atomic E-state index is -0.759. The molecule has 0 aromatic rings. The van der Waals surface area contributed by atoms with E-state index in [-0.39, 0.29) is 18.4 Å². The van der Waals surface area contributed by atoms with E-state index in [1.54, 1.807) is 13.8 Å². The Morgan fingerprint density at radius 1 is 1.53 bits per heavy atom. The highest BCUT2D eigenvalue weighted by atomic mass is 16.2. The van der Waals surface area contributed by atoms with Crippen molar-refractivity contribution < 1.29 is 9.59 Å². The molecule has 1 aliphatic rings. The highest BCUT2D eigenvalue weighted by Crippen LogP contribution is 2.17. The van der Waals surface area contributed by atoms with Crippen LogP contribution in [0.2, 0.25) is 0 Å². The number of hydrogen-bond donors (Lipinski definition) is 1. The van der Waals surface area contributed by atoms with Gasteiger partial charge in [0.05, 0.1) is 6.54 Å². The molecule has 82 valence electrons. The SMILES string of the molecule is CC#CCN1CC(=O)NC(C)(CC)C1=O. The molecule has 15 heavy (non-hydrogen) atoms. The van der Waals surface area contributed by atoms with Gasteiger partial charge < -0.3 is 10.2 Å². The molecule has 0 spiro atoms. The van der Waals surface area contributed by atoms with Crippen LogP contribution in [0.4, 0.5) is 0 Å². The van der Waals surface area contributed by atoms with Crippen molar-refractivity contribution in [3.8, 4) is 11.8 Å². The predicted octanol–water partition coefficient (Wildman–Crippen LogP) is 0.137. The van der Waals surface area contributed by atoms with Gasteiger partial charge in [-0.05, 0) is 20.3 Å². The largest absolute Gasteiger partial charge is 0.340 e. The van der Waals surface area contributed by atoms with Gasteiger partial charge in [-0.25, -0.2) is 0 Å². The molecule has 2 amide bonds. The molecule has 4 heteroatoms. The monoisotopic (exact) mass is 208 g/mol. The summed E-state index contributed by atoms with van der Waals surface area (Å²) in [5.74, 6) is 5.36. The van der Waals surface area contributed by atoms with Gasteiger partial charge in [0.15, 0.2) is 0 Å². The number of nitrogens with one attached hydrogen (secondary N) is 1. The molecule has 0 saturated carbocycles. The zero-order valence-electron chi connectivity index (χ0n) is 9.39. The summed E-state index contributed by atoms with van der Waals surface area (Å²) in [6.07, 6.45) is 0.591. The van der Waals surface area contributed by atoms with Crippen molar-refractivity contribution in [2.75, 3.05) is 13.1 Å². The second kappa shape index (κ2) is 4.35. The van der Waals surface area contributed by atoms with E-state index >= 15 is 0 Å². The fourth-order valence-corrected chi connectivity index (χ4v) is 1.54. The van der Waals surface area contributed by atoms with Crippen molar-refractivity contribution in [2.24, 2.45) is 0 Å². The first-order chi connectivity index (χ1) is 7.03. The van der Waals surface area contributed by atoms with Crippen LogP contribution in [0, 0.1) is 11.8 Å². The van der Waals surface area contributed by atoms with Crippen molar-refractivity contribution >= 4 is 11.8 Å². The molecule has 1 saturated heterocycles. The molecule has 0 aliphatic carbocycles. The molecule has 1 aliphatic heterocycles. The third-order valence-corrected chi connectivity index (χ3v) is 2.66. The number of rotatable bonds is 2. The van der Waals surface area contributed by atoms with E-state index in [1.807, 2.05) is 6.92 Å². The van der Waals surface area contributed by atoms with E-state index in [9.17, 15) is 9.59 Å². The first-order valence-corrected chi connectivity index (χ1v) is 5.03. The molecule has 4 nitrogen and oxygen atoms in total. The number of carbonyl (C=O) groups is 2. The quantitative estimate of drug-likeness (QED) is 0.656. The van der Waals surface area contributed by atoms with Gasteiger partial charge in [0.2, 0.25) is 11.8 Å². The Labute approximate surface area is 90.0 Å². The summed E-state index contributed by atoms with van der Waals surface area (Å²) in [7, 11) is 0. The van der Waals surface area contributed by atoms with Gasteiger partial charge in [-0.1, -0.05) is 12.8 Å². The molecule has 1 N–H and O–H groups in total. The van der Waals surface area contributed by atoms with Crippen molar-refractivity contribution in [3.63, 3.8) is 0 Å². The predicted molar refractivity (Wildman–Crippen MR) is 56.9 cm³/mol. The van der Waals surface area contributed by atoms with E-state index in [2.05, 4.69) is 17.2 Å². The Hall–Kier alpha value is -1.50. The number of amides is 2.